The monoisotopic (exact) mass is 229 g/mol. The Morgan fingerprint density at radius 3 is 2.47 bits per heavy atom. The molecule has 0 saturated heterocycles. The average molecular weight is 229 g/mol. The van der Waals surface area contributed by atoms with E-state index >= 15 is 0 Å². The number of hydrogen-bond donors (Lipinski definition) is 1. The van der Waals surface area contributed by atoms with Gasteiger partial charge in [-0.1, -0.05) is 18.2 Å². The normalized spacial score (nSPS) is 22.1. The Labute approximate surface area is 104 Å². The lowest BCUT2D eigenvalue weighted by atomic mass is 9.74. The second kappa shape index (κ2) is 3.58. The molecule has 0 heterocycles. The summed E-state index contributed by atoms with van der Waals surface area (Å²) in [6, 6.07) is 6.90. The maximum absolute atomic E-state index is 6.44. The quantitative estimate of drug-likeness (QED) is 0.827. The molecular formula is C16H23N. The van der Waals surface area contributed by atoms with E-state index in [1.165, 1.54) is 38.5 Å². The van der Waals surface area contributed by atoms with Crippen LogP contribution in [0.4, 0.5) is 0 Å². The third kappa shape index (κ3) is 1.63. The van der Waals surface area contributed by atoms with Crippen LogP contribution in [0.5, 0.6) is 0 Å². The number of rotatable bonds is 2. The van der Waals surface area contributed by atoms with Crippen molar-refractivity contribution in [3.05, 3.63) is 34.9 Å². The summed E-state index contributed by atoms with van der Waals surface area (Å²) in [6.07, 6.45) is 7.79. The van der Waals surface area contributed by atoms with Crippen LogP contribution in [0.1, 0.15) is 56.2 Å². The standard InChI is InChI=1S/C16H23N/c1-15(2,17)16(10-11-16)14-9-5-7-12-6-3-4-8-13(12)14/h5,7,9H,3-4,6,8,10-11,17H2,1-2H3. The van der Waals surface area contributed by atoms with Gasteiger partial charge in [-0.15, -0.1) is 0 Å². The van der Waals surface area contributed by atoms with Crippen molar-refractivity contribution in [1.82, 2.24) is 0 Å². The summed E-state index contributed by atoms with van der Waals surface area (Å²) >= 11 is 0. The molecule has 0 unspecified atom stereocenters. The molecule has 2 aliphatic carbocycles. The van der Waals surface area contributed by atoms with E-state index in [9.17, 15) is 0 Å². The molecule has 2 aliphatic rings. The molecule has 17 heavy (non-hydrogen) atoms. The smallest absolute Gasteiger partial charge is 0.0195 e. The van der Waals surface area contributed by atoms with E-state index in [0.717, 1.165) is 0 Å². The van der Waals surface area contributed by atoms with Gasteiger partial charge in [0.2, 0.25) is 0 Å². The first-order chi connectivity index (χ1) is 8.05. The van der Waals surface area contributed by atoms with Gasteiger partial charge in [-0.25, -0.2) is 0 Å². The summed E-state index contributed by atoms with van der Waals surface area (Å²) in [7, 11) is 0. The second-order valence-corrected chi connectivity index (χ2v) is 6.45. The predicted molar refractivity (Wildman–Crippen MR) is 72.3 cm³/mol. The first kappa shape index (κ1) is 11.3. The van der Waals surface area contributed by atoms with Crippen molar-refractivity contribution in [1.29, 1.82) is 0 Å². The summed E-state index contributed by atoms with van der Waals surface area (Å²) in [5, 5.41) is 0. The van der Waals surface area contributed by atoms with Crippen molar-refractivity contribution in [2.24, 2.45) is 5.73 Å². The number of hydrogen-bond acceptors (Lipinski definition) is 1. The van der Waals surface area contributed by atoms with Crippen LogP contribution >= 0.6 is 0 Å². The van der Waals surface area contributed by atoms with Gasteiger partial charge in [0.15, 0.2) is 0 Å². The van der Waals surface area contributed by atoms with Gasteiger partial charge < -0.3 is 5.73 Å². The molecule has 92 valence electrons. The third-order valence-corrected chi connectivity index (χ3v) is 4.89. The number of nitrogens with two attached hydrogens (primary N) is 1. The SMILES string of the molecule is CC(C)(N)C1(c2cccc3c2CCCC3)CC1. The van der Waals surface area contributed by atoms with Gasteiger partial charge in [0.25, 0.3) is 0 Å². The van der Waals surface area contributed by atoms with E-state index in [4.69, 9.17) is 5.73 Å². The molecule has 0 amide bonds. The molecule has 1 aromatic rings. The average Bonchev–Trinajstić information content (AvgIpc) is 3.08. The van der Waals surface area contributed by atoms with Crippen molar-refractivity contribution < 1.29 is 0 Å². The van der Waals surface area contributed by atoms with Crippen LogP contribution in [0.2, 0.25) is 0 Å². The maximum Gasteiger partial charge on any atom is 0.0195 e. The van der Waals surface area contributed by atoms with Crippen LogP contribution in [0, 0.1) is 0 Å². The Morgan fingerprint density at radius 2 is 1.82 bits per heavy atom. The first-order valence-electron chi connectivity index (χ1n) is 6.95. The van der Waals surface area contributed by atoms with E-state index in [1.807, 2.05) is 0 Å². The molecular weight excluding hydrogens is 206 g/mol. The lowest BCUT2D eigenvalue weighted by molar-refractivity contribution is 0.388. The molecule has 3 rings (SSSR count). The van der Waals surface area contributed by atoms with E-state index in [1.54, 1.807) is 16.7 Å². The Balaban J connectivity index is 2.10. The minimum absolute atomic E-state index is 0.0838. The fraction of sp³-hybridized carbons (Fsp3) is 0.625. The summed E-state index contributed by atoms with van der Waals surface area (Å²) in [4.78, 5) is 0. The van der Waals surface area contributed by atoms with Gasteiger partial charge in [0.05, 0.1) is 0 Å². The van der Waals surface area contributed by atoms with Crippen molar-refractivity contribution in [3.63, 3.8) is 0 Å². The van der Waals surface area contributed by atoms with Crippen molar-refractivity contribution in [2.75, 3.05) is 0 Å². The van der Waals surface area contributed by atoms with Gasteiger partial charge in [-0.3, -0.25) is 0 Å². The van der Waals surface area contributed by atoms with Crippen molar-refractivity contribution in [2.45, 2.75) is 63.3 Å². The van der Waals surface area contributed by atoms with Gasteiger partial charge in [-0.2, -0.15) is 0 Å². The molecule has 0 bridgehead atoms. The zero-order chi connectivity index (χ0) is 12.1. The van der Waals surface area contributed by atoms with Crippen LogP contribution in [0.3, 0.4) is 0 Å². The predicted octanol–water partition coefficient (Wildman–Crippen LogP) is 3.33. The fourth-order valence-electron chi connectivity index (χ4n) is 3.62. The molecule has 2 N–H and O–H groups in total. The summed E-state index contributed by atoms with van der Waals surface area (Å²) in [5.41, 5.74) is 11.4. The van der Waals surface area contributed by atoms with Crippen molar-refractivity contribution in [3.8, 4) is 0 Å². The Kier molecular flexibility index (Phi) is 2.38. The van der Waals surface area contributed by atoms with Gasteiger partial charge >= 0.3 is 0 Å². The van der Waals surface area contributed by atoms with Gasteiger partial charge in [-0.05, 0) is 69.1 Å². The van der Waals surface area contributed by atoms with Crippen LogP contribution in [-0.4, -0.2) is 5.54 Å². The number of aryl methyl sites for hydroxylation is 1. The molecule has 1 heteroatoms. The zero-order valence-corrected chi connectivity index (χ0v) is 11.1. The Morgan fingerprint density at radius 1 is 1.12 bits per heavy atom. The van der Waals surface area contributed by atoms with Crippen molar-refractivity contribution >= 4 is 0 Å². The molecule has 1 fully saturated rings. The second-order valence-electron chi connectivity index (χ2n) is 6.45. The maximum atomic E-state index is 6.44. The lowest BCUT2D eigenvalue weighted by Crippen LogP contribution is -2.45. The summed E-state index contributed by atoms with van der Waals surface area (Å²) in [5.74, 6) is 0. The van der Waals surface area contributed by atoms with E-state index < -0.39 is 0 Å². The molecule has 0 atom stereocenters. The lowest BCUT2D eigenvalue weighted by Gasteiger charge is -2.34. The van der Waals surface area contributed by atoms with E-state index in [0.29, 0.717) is 0 Å². The largest absolute Gasteiger partial charge is 0.325 e. The highest BCUT2D eigenvalue weighted by atomic mass is 14.8. The van der Waals surface area contributed by atoms with Crippen LogP contribution in [0.25, 0.3) is 0 Å². The molecule has 1 aromatic carbocycles. The molecule has 1 saturated carbocycles. The zero-order valence-electron chi connectivity index (χ0n) is 11.1. The topological polar surface area (TPSA) is 26.0 Å². The minimum atomic E-state index is -0.0838. The molecule has 0 radical (unpaired) electrons. The third-order valence-electron chi connectivity index (χ3n) is 4.89. The van der Waals surface area contributed by atoms with Crippen LogP contribution in [-0.2, 0) is 18.3 Å². The Hall–Kier alpha value is -0.820. The van der Waals surface area contributed by atoms with Crippen LogP contribution in [0.15, 0.2) is 18.2 Å². The molecule has 0 aromatic heterocycles. The fourth-order valence-corrected chi connectivity index (χ4v) is 3.62. The highest BCUT2D eigenvalue weighted by Crippen LogP contribution is 2.56. The number of fused-ring (bicyclic) bond motifs is 1. The van der Waals surface area contributed by atoms with Gasteiger partial charge in [0, 0.05) is 11.0 Å². The molecule has 0 spiro atoms. The van der Waals surface area contributed by atoms with Crippen LogP contribution < -0.4 is 5.73 Å². The number of benzene rings is 1. The van der Waals surface area contributed by atoms with E-state index in [2.05, 4.69) is 32.0 Å². The van der Waals surface area contributed by atoms with Gasteiger partial charge in [0.1, 0.15) is 0 Å². The minimum Gasteiger partial charge on any atom is -0.325 e. The van der Waals surface area contributed by atoms with E-state index in [-0.39, 0.29) is 11.0 Å². The first-order valence-corrected chi connectivity index (χ1v) is 6.95. The highest BCUT2D eigenvalue weighted by Gasteiger charge is 2.54. The summed E-state index contributed by atoms with van der Waals surface area (Å²) in [6.45, 7) is 4.39. The summed E-state index contributed by atoms with van der Waals surface area (Å²) < 4.78 is 0. The molecule has 0 aliphatic heterocycles. The molecule has 1 nitrogen and oxygen atoms in total. The Bertz CT molecular complexity index is 435. The highest BCUT2D eigenvalue weighted by molar-refractivity contribution is 5.46.